The molecule has 1 aromatic heterocycles. The highest BCUT2D eigenvalue weighted by Gasteiger charge is 2.13. The van der Waals surface area contributed by atoms with Gasteiger partial charge in [-0.3, -0.25) is 4.57 Å². The summed E-state index contributed by atoms with van der Waals surface area (Å²) >= 11 is 3.51. The Morgan fingerprint density at radius 1 is 1.11 bits per heavy atom. The molecule has 3 nitrogen and oxygen atoms in total. The first-order chi connectivity index (χ1) is 9.08. The van der Waals surface area contributed by atoms with Gasteiger partial charge in [0.2, 0.25) is 5.95 Å². The van der Waals surface area contributed by atoms with Crippen LogP contribution in [0.25, 0.3) is 16.7 Å². The van der Waals surface area contributed by atoms with Crippen LogP contribution in [0.2, 0.25) is 0 Å². The summed E-state index contributed by atoms with van der Waals surface area (Å²) < 4.78 is 3.03. The Hall–Kier alpha value is -1.81. The van der Waals surface area contributed by atoms with E-state index in [1.165, 1.54) is 0 Å². The molecule has 3 aromatic rings. The number of halogens is 1. The molecule has 2 aromatic carbocycles. The van der Waals surface area contributed by atoms with Crippen LogP contribution in [0.3, 0.4) is 0 Å². The second kappa shape index (κ2) is 4.38. The average Bonchev–Trinajstić information content (AvgIpc) is 2.70. The van der Waals surface area contributed by atoms with Crippen molar-refractivity contribution in [1.29, 1.82) is 0 Å². The summed E-state index contributed by atoms with van der Waals surface area (Å²) in [6.07, 6.45) is 0. The van der Waals surface area contributed by atoms with E-state index in [1.807, 2.05) is 35.8 Å². The zero-order chi connectivity index (χ0) is 13.6. The predicted molar refractivity (Wildman–Crippen MR) is 82.7 cm³/mol. The van der Waals surface area contributed by atoms with Gasteiger partial charge in [0.25, 0.3) is 0 Å². The largest absolute Gasteiger partial charge is 0.369 e. The molecule has 2 N–H and O–H groups in total. The van der Waals surface area contributed by atoms with Gasteiger partial charge in [-0.25, -0.2) is 4.98 Å². The first kappa shape index (κ1) is 12.2. The lowest BCUT2D eigenvalue weighted by Crippen LogP contribution is -2.02. The summed E-state index contributed by atoms with van der Waals surface area (Å²) in [5.41, 5.74) is 11.5. The monoisotopic (exact) mass is 315 g/mol. The van der Waals surface area contributed by atoms with Crippen molar-refractivity contribution in [3.05, 3.63) is 52.0 Å². The summed E-state index contributed by atoms with van der Waals surface area (Å²) in [7, 11) is 0. The molecule has 1 heterocycles. The van der Waals surface area contributed by atoms with Crippen LogP contribution >= 0.6 is 15.9 Å². The molecule has 0 unspecified atom stereocenters. The molecular weight excluding hydrogens is 302 g/mol. The molecule has 0 bridgehead atoms. The maximum Gasteiger partial charge on any atom is 0.205 e. The van der Waals surface area contributed by atoms with E-state index < -0.39 is 0 Å². The zero-order valence-corrected chi connectivity index (χ0v) is 12.4. The average molecular weight is 316 g/mol. The minimum absolute atomic E-state index is 0.519. The minimum Gasteiger partial charge on any atom is -0.369 e. The topological polar surface area (TPSA) is 43.8 Å². The fourth-order valence-corrected chi connectivity index (χ4v) is 2.68. The summed E-state index contributed by atoms with van der Waals surface area (Å²) in [4.78, 5) is 4.49. The Labute approximate surface area is 120 Å². The van der Waals surface area contributed by atoms with Gasteiger partial charge in [0.15, 0.2) is 0 Å². The normalized spacial score (nSPS) is 11.1. The van der Waals surface area contributed by atoms with Gasteiger partial charge in [0.05, 0.1) is 16.7 Å². The highest BCUT2D eigenvalue weighted by molar-refractivity contribution is 9.10. The molecule has 0 aliphatic heterocycles. The SMILES string of the molecule is Cc1ccc(Br)cc1-n1c(N)nc2c(C)cccc21. The van der Waals surface area contributed by atoms with Crippen LogP contribution in [0.15, 0.2) is 40.9 Å². The van der Waals surface area contributed by atoms with E-state index >= 15 is 0 Å². The molecule has 19 heavy (non-hydrogen) atoms. The number of para-hydroxylation sites is 1. The van der Waals surface area contributed by atoms with Gasteiger partial charge in [0.1, 0.15) is 0 Å². The zero-order valence-electron chi connectivity index (χ0n) is 10.8. The fraction of sp³-hybridized carbons (Fsp3) is 0.133. The summed E-state index contributed by atoms with van der Waals surface area (Å²) in [6, 6.07) is 12.3. The molecular formula is C15H14BrN3. The molecule has 0 atom stereocenters. The van der Waals surface area contributed by atoms with Crippen molar-refractivity contribution < 1.29 is 0 Å². The smallest absolute Gasteiger partial charge is 0.205 e. The van der Waals surface area contributed by atoms with Crippen molar-refractivity contribution in [3.8, 4) is 5.69 Å². The van der Waals surface area contributed by atoms with Gasteiger partial charge in [0, 0.05) is 4.47 Å². The third-order valence-electron chi connectivity index (χ3n) is 3.32. The number of hydrogen-bond acceptors (Lipinski definition) is 2. The Morgan fingerprint density at radius 3 is 2.68 bits per heavy atom. The van der Waals surface area contributed by atoms with E-state index in [1.54, 1.807) is 0 Å². The van der Waals surface area contributed by atoms with E-state index in [0.717, 1.165) is 32.3 Å². The predicted octanol–water partition coefficient (Wildman–Crippen LogP) is 3.99. The second-order valence-corrected chi connectivity index (χ2v) is 5.59. The fourth-order valence-electron chi connectivity index (χ4n) is 2.33. The first-order valence-electron chi connectivity index (χ1n) is 6.08. The van der Waals surface area contributed by atoms with E-state index in [9.17, 15) is 0 Å². The van der Waals surface area contributed by atoms with Crippen LogP contribution in [-0.4, -0.2) is 9.55 Å². The number of fused-ring (bicyclic) bond motifs is 1. The highest BCUT2D eigenvalue weighted by atomic mass is 79.9. The number of aromatic nitrogens is 2. The highest BCUT2D eigenvalue weighted by Crippen LogP contribution is 2.28. The molecule has 0 saturated carbocycles. The number of benzene rings is 2. The molecule has 4 heteroatoms. The van der Waals surface area contributed by atoms with Crippen LogP contribution in [0.4, 0.5) is 5.95 Å². The lowest BCUT2D eigenvalue weighted by atomic mass is 10.1. The van der Waals surface area contributed by atoms with Gasteiger partial charge in [-0.2, -0.15) is 0 Å². The van der Waals surface area contributed by atoms with Gasteiger partial charge < -0.3 is 5.73 Å². The van der Waals surface area contributed by atoms with E-state index in [4.69, 9.17) is 5.73 Å². The van der Waals surface area contributed by atoms with Crippen LogP contribution in [-0.2, 0) is 0 Å². The van der Waals surface area contributed by atoms with Crippen molar-refractivity contribution in [2.75, 3.05) is 5.73 Å². The number of nitrogens with zero attached hydrogens (tertiary/aromatic N) is 2. The van der Waals surface area contributed by atoms with Crippen molar-refractivity contribution in [2.45, 2.75) is 13.8 Å². The van der Waals surface area contributed by atoms with Gasteiger partial charge in [-0.05, 0) is 43.2 Å². The molecule has 3 rings (SSSR count). The lowest BCUT2D eigenvalue weighted by molar-refractivity contribution is 1.09. The van der Waals surface area contributed by atoms with E-state index in [2.05, 4.69) is 40.0 Å². The van der Waals surface area contributed by atoms with Crippen LogP contribution < -0.4 is 5.73 Å². The Bertz CT molecular complexity index is 774. The number of aryl methyl sites for hydroxylation is 2. The Kier molecular flexibility index (Phi) is 2.82. The van der Waals surface area contributed by atoms with Crippen molar-refractivity contribution in [3.63, 3.8) is 0 Å². The number of nitrogen functional groups attached to an aromatic ring is 1. The summed E-state index contributed by atoms with van der Waals surface area (Å²) in [6.45, 7) is 4.12. The Morgan fingerprint density at radius 2 is 1.89 bits per heavy atom. The number of anilines is 1. The minimum atomic E-state index is 0.519. The standard InChI is InChI=1S/C15H14BrN3/c1-9-6-7-11(16)8-13(9)19-12-5-3-4-10(2)14(12)18-15(19)17/h3-8H,1-2H3,(H2,17,18). The molecule has 0 spiro atoms. The molecule has 0 aliphatic carbocycles. The van der Waals surface area contributed by atoms with Crippen molar-refractivity contribution >= 4 is 32.9 Å². The molecule has 0 aliphatic rings. The number of hydrogen-bond donors (Lipinski definition) is 1. The molecule has 0 fully saturated rings. The van der Waals surface area contributed by atoms with Crippen LogP contribution in [0.5, 0.6) is 0 Å². The number of nitrogens with two attached hydrogens (primary N) is 1. The van der Waals surface area contributed by atoms with Gasteiger partial charge >= 0.3 is 0 Å². The van der Waals surface area contributed by atoms with Gasteiger partial charge in [-0.1, -0.05) is 34.1 Å². The van der Waals surface area contributed by atoms with E-state index in [0.29, 0.717) is 5.95 Å². The second-order valence-electron chi connectivity index (χ2n) is 4.68. The maximum absolute atomic E-state index is 6.11. The molecule has 0 radical (unpaired) electrons. The Balaban J connectivity index is 2.39. The molecule has 0 amide bonds. The summed E-state index contributed by atoms with van der Waals surface area (Å²) in [5.74, 6) is 0.519. The maximum atomic E-state index is 6.11. The van der Waals surface area contributed by atoms with Crippen molar-refractivity contribution in [1.82, 2.24) is 9.55 Å². The quantitative estimate of drug-likeness (QED) is 0.738. The molecule has 96 valence electrons. The summed E-state index contributed by atoms with van der Waals surface area (Å²) in [5, 5.41) is 0. The lowest BCUT2D eigenvalue weighted by Gasteiger charge is -2.10. The van der Waals surface area contributed by atoms with Crippen molar-refractivity contribution in [2.24, 2.45) is 0 Å². The first-order valence-corrected chi connectivity index (χ1v) is 6.87. The molecule has 0 saturated heterocycles. The van der Waals surface area contributed by atoms with Crippen LogP contribution in [0, 0.1) is 13.8 Å². The van der Waals surface area contributed by atoms with Crippen LogP contribution in [0.1, 0.15) is 11.1 Å². The number of rotatable bonds is 1. The van der Waals surface area contributed by atoms with E-state index in [-0.39, 0.29) is 0 Å². The third kappa shape index (κ3) is 1.92. The third-order valence-corrected chi connectivity index (χ3v) is 3.82. The van der Waals surface area contributed by atoms with Gasteiger partial charge in [-0.15, -0.1) is 0 Å². The number of imidazole rings is 1.